The molecule has 1 aromatic heterocycles. The zero-order valence-electron chi connectivity index (χ0n) is 19.1. The van der Waals surface area contributed by atoms with Crippen LogP contribution in [0.5, 0.6) is 11.5 Å². The van der Waals surface area contributed by atoms with Crippen LogP contribution < -0.4 is 26.7 Å². The molecule has 0 saturated heterocycles. The fourth-order valence-electron chi connectivity index (χ4n) is 3.57. The normalized spacial score (nSPS) is 12.8. The highest BCUT2D eigenvalue weighted by Gasteiger charge is 2.26. The second-order valence-electron chi connectivity index (χ2n) is 8.38. The van der Waals surface area contributed by atoms with Gasteiger partial charge in [0.05, 0.1) is 5.69 Å². The summed E-state index contributed by atoms with van der Waals surface area (Å²) >= 11 is 0. The number of anilines is 2. The van der Waals surface area contributed by atoms with Gasteiger partial charge in [0, 0.05) is 30.3 Å². The van der Waals surface area contributed by atoms with Crippen molar-refractivity contribution >= 4 is 23.3 Å². The molecular formula is C25H25FN4O4. The molecule has 1 saturated carbocycles. The number of carbonyl (C=O) groups excluding carboxylic acids is 2. The fourth-order valence-corrected chi connectivity index (χ4v) is 3.57. The Kier molecular flexibility index (Phi) is 6.10. The van der Waals surface area contributed by atoms with Crippen molar-refractivity contribution in [3.8, 4) is 11.5 Å². The fraction of sp³-hybridized carbons (Fsp3) is 0.240. The first-order chi connectivity index (χ1) is 16.2. The van der Waals surface area contributed by atoms with Crippen molar-refractivity contribution < 1.29 is 18.7 Å². The van der Waals surface area contributed by atoms with E-state index in [-0.39, 0.29) is 40.5 Å². The average Bonchev–Trinajstić information content (AvgIpc) is 3.58. The van der Waals surface area contributed by atoms with Crippen molar-refractivity contribution in [1.29, 1.82) is 0 Å². The van der Waals surface area contributed by atoms with Crippen molar-refractivity contribution in [3.05, 3.63) is 80.9 Å². The molecular weight excluding hydrogens is 439 g/mol. The Morgan fingerprint density at radius 2 is 1.85 bits per heavy atom. The predicted octanol–water partition coefficient (Wildman–Crippen LogP) is 3.67. The van der Waals surface area contributed by atoms with Crippen LogP contribution >= 0.6 is 0 Å². The lowest BCUT2D eigenvalue weighted by atomic mass is 10.1. The molecule has 1 aliphatic carbocycles. The molecule has 0 bridgehead atoms. The Morgan fingerprint density at radius 1 is 1.12 bits per heavy atom. The van der Waals surface area contributed by atoms with Gasteiger partial charge in [-0.05, 0) is 56.5 Å². The largest absolute Gasteiger partial charge is 0.456 e. The lowest BCUT2D eigenvalue weighted by molar-refractivity contribution is 0.0948. The monoisotopic (exact) mass is 464 g/mol. The second-order valence-corrected chi connectivity index (χ2v) is 8.38. The van der Waals surface area contributed by atoms with E-state index in [2.05, 4.69) is 10.6 Å². The van der Waals surface area contributed by atoms with E-state index in [1.54, 1.807) is 38.1 Å². The van der Waals surface area contributed by atoms with Gasteiger partial charge in [-0.25, -0.2) is 4.39 Å². The highest BCUT2D eigenvalue weighted by atomic mass is 19.1. The summed E-state index contributed by atoms with van der Waals surface area (Å²) < 4.78 is 21.6. The number of nitrogens with two attached hydrogens (primary N) is 1. The van der Waals surface area contributed by atoms with Crippen LogP contribution in [0.2, 0.25) is 0 Å². The highest BCUT2D eigenvalue weighted by Crippen LogP contribution is 2.33. The standard InChI is InChI=1S/C25H25FN4O4/c1-13-7-10-18(17(26)11-13)29-24-22(23(27)32)20(12-21(31)30(24)3)34-19-6-4-5-16(14(19)2)25(33)28-15-8-9-15/h4-7,10-12,15,29H,8-9H2,1-3H3,(H2,27,32)(H,28,33). The van der Waals surface area contributed by atoms with Gasteiger partial charge in [-0.2, -0.15) is 0 Å². The lowest BCUT2D eigenvalue weighted by Gasteiger charge is -2.19. The van der Waals surface area contributed by atoms with Crippen LogP contribution in [-0.4, -0.2) is 22.4 Å². The number of benzene rings is 2. The van der Waals surface area contributed by atoms with Crippen molar-refractivity contribution in [3.63, 3.8) is 0 Å². The summed E-state index contributed by atoms with van der Waals surface area (Å²) in [6, 6.07) is 10.8. The third-order valence-corrected chi connectivity index (χ3v) is 5.69. The maximum Gasteiger partial charge on any atom is 0.256 e. The molecule has 4 rings (SSSR count). The van der Waals surface area contributed by atoms with Crippen LogP contribution in [0.4, 0.5) is 15.9 Å². The number of halogens is 1. The summed E-state index contributed by atoms with van der Waals surface area (Å²) in [6.07, 6.45) is 1.90. The quantitative estimate of drug-likeness (QED) is 0.494. The van der Waals surface area contributed by atoms with Gasteiger partial charge in [0.15, 0.2) is 0 Å². The number of aromatic nitrogens is 1. The number of nitrogens with one attached hydrogen (secondary N) is 2. The Labute approximate surface area is 195 Å². The van der Waals surface area contributed by atoms with Crippen LogP contribution in [0.1, 0.15) is 44.7 Å². The minimum absolute atomic E-state index is 0.0157. The van der Waals surface area contributed by atoms with Crippen molar-refractivity contribution in [2.24, 2.45) is 12.8 Å². The van der Waals surface area contributed by atoms with Gasteiger partial charge in [0.2, 0.25) is 0 Å². The number of hydrogen-bond donors (Lipinski definition) is 3. The number of aryl methyl sites for hydroxylation is 1. The number of pyridine rings is 1. The lowest BCUT2D eigenvalue weighted by Crippen LogP contribution is -2.26. The van der Waals surface area contributed by atoms with Gasteiger partial charge >= 0.3 is 0 Å². The smallest absolute Gasteiger partial charge is 0.256 e. The third-order valence-electron chi connectivity index (χ3n) is 5.69. The van der Waals surface area contributed by atoms with E-state index in [9.17, 15) is 18.8 Å². The summed E-state index contributed by atoms with van der Waals surface area (Å²) in [7, 11) is 1.43. The molecule has 1 heterocycles. The van der Waals surface area contributed by atoms with E-state index in [1.165, 1.54) is 19.2 Å². The molecule has 34 heavy (non-hydrogen) atoms. The minimum atomic E-state index is -0.874. The maximum atomic E-state index is 14.5. The molecule has 176 valence electrons. The van der Waals surface area contributed by atoms with E-state index in [0.29, 0.717) is 16.7 Å². The van der Waals surface area contributed by atoms with Gasteiger partial charge < -0.3 is 21.1 Å². The van der Waals surface area contributed by atoms with Gasteiger partial charge in [-0.1, -0.05) is 12.1 Å². The first-order valence-corrected chi connectivity index (χ1v) is 10.8. The average molecular weight is 464 g/mol. The zero-order chi connectivity index (χ0) is 24.6. The SMILES string of the molecule is Cc1ccc(Nc2c(C(N)=O)c(Oc3cccc(C(=O)NC4CC4)c3C)cc(=O)n2C)c(F)c1. The van der Waals surface area contributed by atoms with E-state index in [1.807, 2.05) is 0 Å². The summed E-state index contributed by atoms with van der Waals surface area (Å²) in [4.78, 5) is 37.7. The maximum absolute atomic E-state index is 14.5. The molecule has 1 fully saturated rings. The van der Waals surface area contributed by atoms with E-state index < -0.39 is 17.3 Å². The van der Waals surface area contributed by atoms with E-state index in [0.717, 1.165) is 23.5 Å². The summed E-state index contributed by atoms with van der Waals surface area (Å²) in [5, 5.41) is 5.73. The predicted molar refractivity (Wildman–Crippen MR) is 126 cm³/mol. The van der Waals surface area contributed by atoms with Crippen LogP contribution in [0.15, 0.2) is 47.3 Å². The molecule has 8 nitrogen and oxygen atoms in total. The highest BCUT2D eigenvalue weighted by molar-refractivity contribution is 6.01. The molecule has 0 aliphatic heterocycles. The minimum Gasteiger partial charge on any atom is -0.456 e. The molecule has 2 aromatic carbocycles. The molecule has 4 N–H and O–H groups in total. The topological polar surface area (TPSA) is 115 Å². The number of carbonyl (C=O) groups is 2. The molecule has 0 unspecified atom stereocenters. The van der Waals surface area contributed by atoms with E-state index in [4.69, 9.17) is 10.5 Å². The molecule has 9 heteroatoms. The van der Waals surface area contributed by atoms with Crippen molar-refractivity contribution in [1.82, 2.24) is 9.88 Å². The zero-order valence-corrected chi connectivity index (χ0v) is 19.1. The number of hydrogen-bond acceptors (Lipinski definition) is 5. The Hall–Kier alpha value is -4.14. The number of nitrogens with zero attached hydrogens (tertiary/aromatic N) is 1. The Morgan fingerprint density at radius 3 is 2.50 bits per heavy atom. The molecule has 2 amide bonds. The second kappa shape index (κ2) is 9.01. The third kappa shape index (κ3) is 4.63. The van der Waals surface area contributed by atoms with Gasteiger partial charge in [0.25, 0.3) is 17.4 Å². The van der Waals surface area contributed by atoms with Crippen molar-refractivity contribution in [2.75, 3.05) is 5.32 Å². The van der Waals surface area contributed by atoms with Gasteiger partial charge in [-0.3, -0.25) is 19.0 Å². The Balaban J connectivity index is 1.76. The first-order valence-electron chi connectivity index (χ1n) is 10.8. The van der Waals surface area contributed by atoms with Gasteiger partial charge in [-0.15, -0.1) is 0 Å². The van der Waals surface area contributed by atoms with Crippen LogP contribution in [-0.2, 0) is 7.05 Å². The molecule has 0 atom stereocenters. The summed E-state index contributed by atoms with van der Waals surface area (Å²) in [5.74, 6) is -1.49. The molecule has 0 radical (unpaired) electrons. The first kappa shape index (κ1) is 23.0. The van der Waals surface area contributed by atoms with Crippen LogP contribution in [0.25, 0.3) is 0 Å². The number of amides is 2. The molecule has 3 aromatic rings. The van der Waals surface area contributed by atoms with Crippen molar-refractivity contribution in [2.45, 2.75) is 32.7 Å². The number of primary amides is 1. The molecule has 1 aliphatic rings. The number of ether oxygens (including phenoxy) is 1. The number of rotatable bonds is 7. The van der Waals surface area contributed by atoms with Gasteiger partial charge in [0.1, 0.15) is 28.7 Å². The summed E-state index contributed by atoms with van der Waals surface area (Å²) in [5.41, 5.74) is 6.76. The Bertz CT molecular complexity index is 1360. The van der Waals surface area contributed by atoms with E-state index >= 15 is 0 Å². The molecule has 0 spiro atoms. The van der Waals surface area contributed by atoms with Crippen LogP contribution in [0, 0.1) is 19.7 Å². The summed E-state index contributed by atoms with van der Waals surface area (Å²) in [6.45, 7) is 3.45. The van der Waals surface area contributed by atoms with Crippen LogP contribution in [0.3, 0.4) is 0 Å².